The molecule has 0 N–H and O–H groups in total. The smallest absolute Gasteiger partial charge is 0.147 e. The largest absolute Gasteiger partial charge is 0.292 e. The Hall–Kier alpha value is -5.99. The van der Waals surface area contributed by atoms with Crippen LogP contribution < -0.4 is 0 Å². The molecule has 45 heavy (non-hydrogen) atoms. The summed E-state index contributed by atoms with van der Waals surface area (Å²) in [6.07, 6.45) is 0. The SMILES string of the molecule is c1ccc2c(c1)cc(-c1ccc(-c3ccc4c5ccc6ccccc6c5c5nc6ccccc6n5c4c3)cc1)c1ccccc12. The number of pyridine rings is 1. The minimum atomic E-state index is 1.01. The van der Waals surface area contributed by atoms with E-state index in [2.05, 4.69) is 162 Å². The highest BCUT2D eigenvalue weighted by atomic mass is 15.0. The second-order valence-corrected chi connectivity index (χ2v) is 12.0. The predicted molar refractivity (Wildman–Crippen MR) is 191 cm³/mol. The zero-order valence-electron chi connectivity index (χ0n) is 24.4. The van der Waals surface area contributed by atoms with Crippen LogP contribution in [0.5, 0.6) is 0 Å². The maximum absolute atomic E-state index is 5.20. The molecule has 0 aliphatic heterocycles. The Bertz CT molecular complexity index is 2800. The minimum absolute atomic E-state index is 1.01. The van der Waals surface area contributed by atoms with E-state index in [1.165, 1.54) is 76.2 Å². The third-order valence-electron chi connectivity index (χ3n) is 9.54. The standard InChI is InChI=1S/C43H26N2/c1-4-12-33-28(9-1)21-24-37-36-23-22-30(26-41(36)45-40-16-8-7-15-39(40)44-43(45)42(33)37)27-17-19-29(20-18-27)38-25-31-10-2-3-11-32(31)34-13-5-6-14-35(34)38/h1-26H. The first-order valence-electron chi connectivity index (χ1n) is 15.5. The number of hydrogen-bond donors (Lipinski definition) is 0. The summed E-state index contributed by atoms with van der Waals surface area (Å²) < 4.78 is 2.36. The number of nitrogens with zero attached hydrogens (tertiary/aromatic N) is 2. The van der Waals surface area contributed by atoms with Crippen molar-refractivity contribution >= 4 is 70.7 Å². The van der Waals surface area contributed by atoms with Gasteiger partial charge in [-0.15, -0.1) is 0 Å². The second-order valence-electron chi connectivity index (χ2n) is 12.0. The highest BCUT2D eigenvalue weighted by molar-refractivity contribution is 6.23. The van der Waals surface area contributed by atoms with Crippen molar-refractivity contribution in [1.82, 2.24) is 9.38 Å². The van der Waals surface area contributed by atoms with Crippen molar-refractivity contribution in [2.45, 2.75) is 0 Å². The van der Waals surface area contributed by atoms with Crippen molar-refractivity contribution in [3.63, 3.8) is 0 Å². The molecule has 2 heteroatoms. The third kappa shape index (κ3) is 3.54. The highest BCUT2D eigenvalue weighted by Gasteiger charge is 2.16. The third-order valence-corrected chi connectivity index (χ3v) is 9.54. The quantitative estimate of drug-likeness (QED) is 0.189. The second kappa shape index (κ2) is 9.25. The number of benzene rings is 8. The van der Waals surface area contributed by atoms with E-state index < -0.39 is 0 Å². The molecule has 0 aliphatic carbocycles. The first-order valence-corrected chi connectivity index (χ1v) is 15.5. The lowest BCUT2D eigenvalue weighted by atomic mass is 9.92. The Morgan fingerprint density at radius 1 is 0.378 bits per heavy atom. The van der Waals surface area contributed by atoms with Gasteiger partial charge in [0.15, 0.2) is 0 Å². The maximum atomic E-state index is 5.20. The van der Waals surface area contributed by atoms with Gasteiger partial charge in [0, 0.05) is 10.8 Å². The van der Waals surface area contributed by atoms with E-state index in [-0.39, 0.29) is 0 Å². The molecule has 2 heterocycles. The highest BCUT2D eigenvalue weighted by Crippen LogP contribution is 2.39. The lowest BCUT2D eigenvalue weighted by molar-refractivity contribution is 1.32. The summed E-state index contributed by atoms with van der Waals surface area (Å²) >= 11 is 0. The van der Waals surface area contributed by atoms with Crippen molar-refractivity contribution in [1.29, 1.82) is 0 Å². The number of aromatic nitrogens is 2. The van der Waals surface area contributed by atoms with Gasteiger partial charge >= 0.3 is 0 Å². The van der Waals surface area contributed by atoms with Crippen LogP contribution >= 0.6 is 0 Å². The van der Waals surface area contributed by atoms with Gasteiger partial charge in [0.2, 0.25) is 0 Å². The summed E-state index contributed by atoms with van der Waals surface area (Å²) in [5.74, 6) is 0. The number of rotatable bonds is 2. The van der Waals surface area contributed by atoms with E-state index in [4.69, 9.17) is 4.98 Å². The molecule has 2 aromatic heterocycles. The first-order chi connectivity index (χ1) is 22.3. The van der Waals surface area contributed by atoms with Crippen LogP contribution in [-0.4, -0.2) is 9.38 Å². The molecular formula is C43H26N2. The summed E-state index contributed by atoms with van der Waals surface area (Å²) in [6.45, 7) is 0. The molecule has 0 spiro atoms. The van der Waals surface area contributed by atoms with Gasteiger partial charge in [-0.05, 0) is 84.2 Å². The molecule has 0 bridgehead atoms. The number of hydrogen-bond acceptors (Lipinski definition) is 1. The molecule has 10 aromatic rings. The van der Waals surface area contributed by atoms with Crippen LogP contribution in [0.25, 0.3) is 92.9 Å². The van der Waals surface area contributed by atoms with Gasteiger partial charge in [0.25, 0.3) is 0 Å². The van der Waals surface area contributed by atoms with Gasteiger partial charge in [0.1, 0.15) is 5.65 Å². The molecule has 0 saturated carbocycles. The van der Waals surface area contributed by atoms with Crippen molar-refractivity contribution in [2.75, 3.05) is 0 Å². The number of para-hydroxylation sites is 2. The Morgan fingerprint density at radius 2 is 1.02 bits per heavy atom. The number of imidazole rings is 1. The Morgan fingerprint density at radius 3 is 1.89 bits per heavy atom. The molecule has 0 aliphatic rings. The average Bonchev–Trinajstić information content (AvgIpc) is 3.51. The average molecular weight is 571 g/mol. The van der Waals surface area contributed by atoms with Crippen molar-refractivity contribution < 1.29 is 0 Å². The molecule has 2 nitrogen and oxygen atoms in total. The zero-order valence-corrected chi connectivity index (χ0v) is 24.4. The van der Waals surface area contributed by atoms with Gasteiger partial charge in [-0.25, -0.2) is 4.98 Å². The van der Waals surface area contributed by atoms with E-state index in [9.17, 15) is 0 Å². The molecule has 0 fully saturated rings. The van der Waals surface area contributed by atoms with E-state index in [1.807, 2.05) is 0 Å². The molecule has 0 atom stereocenters. The Balaban J connectivity index is 1.19. The summed E-state index contributed by atoms with van der Waals surface area (Å²) in [5.41, 5.74) is 9.19. The Labute approximate surface area is 259 Å². The van der Waals surface area contributed by atoms with E-state index >= 15 is 0 Å². The summed E-state index contributed by atoms with van der Waals surface area (Å²) in [6, 6.07) is 57.3. The van der Waals surface area contributed by atoms with Gasteiger partial charge in [-0.3, -0.25) is 4.40 Å². The molecular weight excluding hydrogens is 544 g/mol. The summed E-state index contributed by atoms with van der Waals surface area (Å²) in [5, 5.41) is 11.3. The zero-order chi connectivity index (χ0) is 29.5. The van der Waals surface area contributed by atoms with Gasteiger partial charge in [-0.2, -0.15) is 0 Å². The fourth-order valence-electron chi connectivity index (χ4n) is 7.43. The van der Waals surface area contributed by atoms with Gasteiger partial charge in [-0.1, -0.05) is 133 Å². The molecule has 10 rings (SSSR count). The Kier molecular flexibility index (Phi) is 5.03. The summed E-state index contributed by atoms with van der Waals surface area (Å²) in [4.78, 5) is 5.20. The van der Waals surface area contributed by atoms with Crippen molar-refractivity contribution in [2.24, 2.45) is 0 Å². The van der Waals surface area contributed by atoms with Crippen LogP contribution in [0.1, 0.15) is 0 Å². The van der Waals surface area contributed by atoms with Crippen LogP contribution in [0.4, 0.5) is 0 Å². The monoisotopic (exact) mass is 570 g/mol. The normalized spacial score (nSPS) is 12.0. The lowest BCUT2D eigenvalue weighted by Crippen LogP contribution is -1.93. The van der Waals surface area contributed by atoms with Crippen LogP contribution in [-0.2, 0) is 0 Å². The van der Waals surface area contributed by atoms with Crippen LogP contribution in [0.3, 0.4) is 0 Å². The molecule has 0 amide bonds. The molecule has 0 unspecified atom stereocenters. The predicted octanol–water partition coefficient (Wildman–Crippen LogP) is 11.6. The van der Waals surface area contributed by atoms with E-state index in [0.29, 0.717) is 0 Å². The van der Waals surface area contributed by atoms with Gasteiger partial charge in [0.05, 0.1) is 16.6 Å². The molecule has 208 valence electrons. The van der Waals surface area contributed by atoms with Crippen LogP contribution in [0.2, 0.25) is 0 Å². The maximum Gasteiger partial charge on any atom is 0.147 e. The summed E-state index contributed by atoms with van der Waals surface area (Å²) in [7, 11) is 0. The fourth-order valence-corrected chi connectivity index (χ4v) is 7.43. The topological polar surface area (TPSA) is 17.3 Å². The number of fused-ring (bicyclic) bond motifs is 13. The molecule has 0 radical (unpaired) electrons. The fraction of sp³-hybridized carbons (Fsp3) is 0. The van der Waals surface area contributed by atoms with Gasteiger partial charge < -0.3 is 0 Å². The van der Waals surface area contributed by atoms with Crippen LogP contribution in [0.15, 0.2) is 158 Å². The van der Waals surface area contributed by atoms with E-state index in [1.54, 1.807) is 0 Å². The van der Waals surface area contributed by atoms with Crippen molar-refractivity contribution in [3.05, 3.63) is 158 Å². The van der Waals surface area contributed by atoms with Crippen LogP contribution in [0, 0.1) is 0 Å². The van der Waals surface area contributed by atoms with E-state index in [0.717, 1.165) is 16.7 Å². The molecule has 0 saturated heterocycles. The lowest BCUT2D eigenvalue weighted by Gasteiger charge is -2.14. The first kappa shape index (κ1) is 24.5. The van der Waals surface area contributed by atoms with Crippen molar-refractivity contribution in [3.8, 4) is 22.3 Å². The minimum Gasteiger partial charge on any atom is -0.292 e. The molecule has 8 aromatic carbocycles.